The number of likely N-dealkylation sites (tertiary alicyclic amines) is 1. The maximum absolute atomic E-state index is 13.2. The van der Waals surface area contributed by atoms with Crippen LogP contribution in [0.1, 0.15) is 33.9 Å². The molecule has 3 aromatic rings. The molecule has 2 heterocycles. The minimum atomic E-state index is -0.735. The molecule has 1 N–H and O–H groups in total. The second-order valence-electron chi connectivity index (χ2n) is 7.88. The first-order valence-corrected chi connectivity index (χ1v) is 10.3. The number of hydrogen-bond acceptors (Lipinski definition) is 5. The van der Waals surface area contributed by atoms with Crippen molar-refractivity contribution in [3.8, 4) is 5.75 Å². The maximum atomic E-state index is 13.2. The van der Waals surface area contributed by atoms with Gasteiger partial charge in [-0.2, -0.15) is 0 Å². The highest BCUT2D eigenvalue weighted by atomic mass is 16.5. The number of methoxy groups -OCH3 is 1. The summed E-state index contributed by atoms with van der Waals surface area (Å²) in [6, 6.07) is 15.7. The summed E-state index contributed by atoms with van der Waals surface area (Å²) in [6.07, 6.45) is 3.31. The molecule has 1 amide bonds. The Kier molecular flexibility index (Phi) is 5.77. The molecule has 162 valence electrons. The molecular formula is C26H24N2O4. The van der Waals surface area contributed by atoms with Gasteiger partial charge in [0.25, 0.3) is 11.7 Å². The molecule has 1 saturated heterocycles. The number of benzene rings is 2. The highest BCUT2D eigenvalue weighted by molar-refractivity contribution is 6.46. The fourth-order valence-corrected chi connectivity index (χ4v) is 4.00. The number of Topliss-reactive ketones (excluding diaryl/α,β-unsaturated/α-hetero) is 1. The van der Waals surface area contributed by atoms with E-state index in [1.54, 1.807) is 37.7 Å². The number of nitrogens with zero attached hydrogens (tertiary/aromatic N) is 2. The lowest BCUT2D eigenvalue weighted by Gasteiger charge is -2.25. The molecule has 2 aromatic carbocycles. The second kappa shape index (κ2) is 8.67. The first kappa shape index (κ1) is 21.3. The number of aryl methyl sites for hydroxylation is 2. The molecule has 0 aliphatic carbocycles. The number of carbonyl (C=O) groups is 2. The first-order valence-electron chi connectivity index (χ1n) is 10.3. The molecule has 0 bridgehead atoms. The molecule has 1 fully saturated rings. The molecule has 32 heavy (non-hydrogen) atoms. The van der Waals surface area contributed by atoms with Gasteiger partial charge in [0.15, 0.2) is 0 Å². The summed E-state index contributed by atoms with van der Waals surface area (Å²) in [7, 11) is 1.57. The molecular weight excluding hydrogens is 404 g/mol. The summed E-state index contributed by atoms with van der Waals surface area (Å²) in [5.41, 5.74) is 3.89. The zero-order valence-corrected chi connectivity index (χ0v) is 18.2. The predicted octanol–water partition coefficient (Wildman–Crippen LogP) is 4.33. The van der Waals surface area contributed by atoms with Crippen LogP contribution in [0.5, 0.6) is 5.75 Å². The van der Waals surface area contributed by atoms with Gasteiger partial charge in [-0.25, -0.2) is 0 Å². The molecule has 1 aromatic heterocycles. The van der Waals surface area contributed by atoms with E-state index in [-0.39, 0.29) is 17.9 Å². The van der Waals surface area contributed by atoms with Gasteiger partial charge in [0, 0.05) is 24.5 Å². The maximum Gasteiger partial charge on any atom is 0.295 e. The fourth-order valence-electron chi connectivity index (χ4n) is 4.00. The second-order valence-corrected chi connectivity index (χ2v) is 7.88. The number of pyridine rings is 1. The zero-order valence-electron chi connectivity index (χ0n) is 18.2. The van der Waals surface area contributed by atoms with Gasteiger partial charge in [-0.05, 0) is 54.8 Å². The van der Waals surface area contributed by atoms with Crippen molar-refractivity contribution >= 4 is 17.4 Å². The van der Waals surface area contributed by atoms with Crippen LogP contribution >= 0.6 is 0 Å². The number of aromatic nitrogens is 1. The summed E-state index contributed by atoms with van der Waals surface area (Å²) < 4.78 is 5.25. The van der Waals surface area contributed by atoms with Crippen molar-refractivity contribution in [3.05, 3.63) is 100 Å². The van der Waals surface area contributed by atoms with Gasteiger partial charge in [0.2, 0.25) is 0 Å². The zero-order chi connectivity index (χ0) is 22.8. The topological polar surface area (TPSA) is 79.7 Å². The number of carbonyl (C=O) groups excluding carboxylic acids is 2. The van der Waals surface area contributed by atoms with E-state index in [0.717, 1.165) is 16.7 Å². The van der Waals surface area contributed by atoms with Gasteiger partial charge >= 0.3 is 0 Å². The van der Waals surface area contributed by atoms with Crippen molar-refractivity contribution in [2.75, 3.05) is 7.11 Å². The van der Waals surface area contributed by atoms with E-state index in [2.05, 4.69) is 4.98 Å². The normalized spacial score (nSPS) is 17.6. The monoisotopic (exact) mass is 428 g/mol. The minimum Gasteiger partial charge on any atom is -0.507 e. The van der Waals surface area contributed by atoms with Gasteiger partial charge in [-0.1, -0.05) is 35.9 Å². The number of aliphatic hydroxyl groups excluding tert-OH is 1. The molecule has 1 aliphatic heterocycles. The van der Waals surface area contributed by atoms with E-state index in [0.29, 0.717) is 16.9 Å². The third kappa shape index (κ3) is 3.87. The van der Waals surface area contributed by atoms with E-state index in [4.69, 9.17) is 4.74 Å². The minimum absolute atomic E-state index is 0.0813. The average molecular weight is 428 g/mol. The van der Waals surface area contributed by atoms with Gasteiger partial charge in [-0.3, -0.25) is 14.6 Å². The molecule has 6 heteroatoms. The van der Waals surface area contributed by atoms with E-state index in [1.165, 1.54) is 4.90 Å². The lowest BCUT2D eigenvalue weighted by molar-refractivity contribution is -0.140. The number of ether oxygens (including phenoxy) is 1. The van der Waals surface area contributed by atoms with Crippen LogP contribution in [0.4, 0.5) is 0 Å². The Hall–Kier alpha value is -3.93. The van der Waals surface area contributed by atoms with Crippen molar-refractivity contribution in [3.63, 3.8) is 0 Å². The Morgan fingerprint density at radius 1 is 1.09 bits per heavy atom. The number of ketones is 1. The van der Waals surface area contributed by atoms with Gasteiger partial charge in [-0.15, -0.1) is 0 Å². The fraction of sp³-hybridized carbons (Fsp3) is 0.192. The summed E-state index contributed by atoms with van der Waals surface area (Å²) in [5.74, 6) is -0.860. The molecule has 4 rings (SSSR count). The van der Waals surface area contributed by atoms with Crippen molar-refractivity contribution in [1.29, 1.82) is 0 Å². The smallest absolute Gasteiger partial charge is 0.295 e. The summed E-state index contributed by atoms with van der Waals surface area (Å²) >= 11 is 0. The van der Waals surface area contributed by atoms with Crippen molar-refractivity contribution in [2.24, 2.45) is 0 Å². The number of amides is 1. The van der Waals surface area contributed by atoms with Crippen LogP contribution in [0.2, 0.25) is 0 Å². The third-order valence-corrected chi connectivity index (χ3v) is 5.70. The molecule has 1 atom stereocenters. The van der Waals surface area contributed by atoms with Gasteiger partial charge in [0.1, 0.15) is 11.5 Å². The molecule has 1 aliphatic rings. The first-order chi connectivity index (χ1) is 15.4. The summed E-state index contributed by atoms with van der Waals surface area (Å²) in [5, 5.41) is 11.3. The van der Waals surface area contributed by atoms with E-state index in [9.17, 15) is 14.7 Å². The van der Waals surface area contributed by atoms with Crippen LogP contribution in [-0.4, -0.2) is 33.8 Å². The highest BCUT2D eigenvalue weighted by Gasteiger charge is 2.46. The highest BCUT2D eigenvalue weighted by Crippen LogP contribution is 2.41. The summed E-state index contributed by atoms with van der Waals surface area (Å²) in [6.45, 7) is 3.97. The third-order valence-electron chi connectivity index (χ3n) is 5.70. The van der Waals surface area contributed by atoms with Gasteiger partial charge in [0.05, 0.1) is 18.7 Å². The quantitative estimate of drug-likeness (QED) is 0.372. The molecule has 0 saturated carbocycles. The number of aliphatic hydroxyl groups is 1. The SMILES string of the molecule is COc1ccc(C2/C(=C(\O)c3cc(C)ccc3C)C(=O)C(=O)N2Cc2cccnc2)cc1. The Balaban J connectivity index is 1.89. The standard InChI is InChI=1S/C26H24N2O4/c1-16-6-7-17(2)21(13-16)24(29)22-23(19-8-10-20(32-3)11-9-19)28(26(31)25(22)30)15-18-5-4-12-27-14-18/h4-14,23,29H,15H2,1-3H3/b24-22+. The molecule has 1 unspecified atom stereocenters. The van der Waals surface area contributed by atoms with E-state index in [1.807, 2.05) is 50.2 Å². The van der Waals surface area contributed by atoms with Crippen molar-refractivity contribution < 1.29 is 19.4 Å². The van der Waals surface area contributed by atoms with Crippen molar-refractivity contribution in [1.82, 2.24) is 9.88 Å². The predicted molar refractivity (Wildman–Crippen MR) is 121 cm³/mol. The molecule has 0 spiro atoms. The van der Waals surface area contributed by atoms with E-state index < -0.39 is 17.7 Å². The summed E-state index contributed by atoms with van der Waals surface area (Å²) in [4.78, 5) is 31.9. The van der Waals surface area contributed by atoms with E-state index >= 15 is 0 Å². The average Bonchev–Trinajstić information content (AvgIpc) is 3.06. The number of hydrogen-bond donors (Lipinski definition) is 1. The molecule has 6 nitrogen and oxygen atoms in total. The Bertz CT molecular complexity index is 1200. The lowest BCUT2D eigenvalue weighted by Crippen LogP contribution is -2.29. The van der Waals surface area contributed by atoms with Crippen LogP contribution < -0.4 is 4.74 Å². The molecule has 0 radical (unpaired) electrons. The van der Waals surface area contributed by atoms with Crippen LogP contribution in [0.3, 0.4) is 0 Å². The van der Waals surface area contributed by atoms with Crippen LogP contribution in [0, 0.1) is 13.8 Å². The lowest BCUT2D eigenvalue weighted by atomic mass is 9.93. The van der Waals surface area contributed by atoms with Crippen LogP contribution in [0.15, 0.2) is 72.6 Å². The number of rotatable bonds is 5. The Labute approximate surface area is 186 Å². The van der Waals surface area contributed by atoms with Crippen LogP contribution in [0.25, 0.3) is 5.76 Å². The van der Waals surface area contributed by atoms with Crippen LogP contribution in [-0.2, 0) is 16.1 Å². The largest absolute Gasteiger partial charge is 0.507 e. The Morgan fingerprint density at radius 2 is 1.84 bits per heavy atom. The van der Waals surface area contributed by atoms with Gasteiger partial charge < -0.3 is 14.7 Å². The Morgan fingerprint density at radius 3 is 2.50 bits per heavy atom. The van der Waals surface area contributed by atoms with Crippen molar-refractivity contribution in [2.45, 2.75) is 26.4 Å².